The average molecular weight is 411 g/mol. The highest BCUT2D eigenvalue weighted by Crippen LogP contribution is 2.35. The summed E-state index contributed by atoms with van der Waals surface area (Å²) in [6.45, 7) is 1.35. The highest BCUT2D eigenvalue weighted by Gasteiger charge is 2.37. The van der Waals surface area contributed by atoms with Gasteiger partial charge in [0.2, 0.25) is 17.7 Å². The van der Waals surface area contributed by atoms with E-state index >= 15 is 0 Å². The second-order valence-electron chi connectivity index (χ2n) is 8.45. The number of hydrogen-bond acceptors (Lipinski definition) is 5. The Morgan fingerprint density at radius 1 is 1.13 bits per heavy atom. The summed E-state index contributed by atoms with van der Waals surface area (Å²) in [4.78, 5) is 33.5. The fraction of sp³-hybridized carbons (Fsp3) is 0.565. The monoisotopic (exact) mass is 410 g/mol. The van der Waals surface area contributed by atoms with E-state index in [0.29, 0.717) is 31.1 Å². The number of aromatic nitrogens is 2. The SMILES string of the molecule is CN(Cc1ccccc1)C(=O)CCc1nc(C2CCCN2C(=O)C2CCCC2)no1. The molecule has 7 heteroatoms. The van der Waals surface area contributed by atoms with Crippen molar-refractivity contribution in [3.05, 3.63) is 47.6 Å². The first-order chi connectivity index (χ1) is 14.6. The van der Waals surface area contributed by atoms with Crippen LogP contribution in [0.3, 0.4) is 0 Å². The van der Waals surface area contributed by atoms with Gasteiger partial charge in [-0.3, -0.25) is 9.59 Å². The molecule has 1 saturated heterocycles. The van der Waals surface area contributed by atoms with E-state index < -0.39 is 0 Å². The minimum Gasteiger partial charge on any atom is -0.341 e. The molecular weight excluding hydrogens is 380 g/mol. The van der Waals surface area contributed by atoms with E-state index in [0.717, 1.165) is 50.6 Å². The van der Waals surface area contributed by atoms with Gasteiger partial charge in [0.05, 0.1) is 6.04 Å². The van der Waals surface area contributed by atoms with Gasteiger partial charge in [-0.05, 0) is 31.2 Å². The van der Waals surface area contributed by atoms with Crippen molar-refractivity contribution in [2.24, 2.45) is 5.92 Å². The van der Waals surface area contributed by atoms with Crippen LogP contribution in [0.15, 0.2) is 34.9 Å². The van der Waals surface area contributed by atoms with Crippen LogP contribution < -0.4 is 0 Å². The Bertz CT molecular complexity index is 860. The Kier molecular flexibility index (Phi) is 6.45. The molecule has 1 saturated carbocycles. The lowest BCUT2D eigenvalue weighted by Gasteiger charge is -2.25. The zero-order valence-electron chi connectivity index (χ0n) is 17.6. The van der Waals surface area contributed by atoms with Crippen LogP contribution in [-0.2, 0) is 22.6 Å². The van der Waals surface area contributed by atoms with Gasteiger partial charge in [-0.2, -0.15) is 4.98 Å². The van der Waals surface area contributed by atoms with Crippen molar-refractivity contribution in [2.45, 2.75) is 64.0 Å². The number of benzene rings is 1. The predicted octanol–water partition coefficient (Wildman–Crippen LogP) is 3.51. The van der Waals surface area contributed by atoms with Crippen LogP contribution in [-0.4, -0.2) is 45.3 Å². The molecule has 160 valence electrons. The van der Waals surface area contributed by atoms with Gasteiger partial charge in [0.25, 0.3) is 0 Å². The van der Waals surface area contributed by atoms with Crippen molar-refractivity contribution in [1.82, 2.24) is 19.9 Å². The summed E-state index contributed by atoms with van der Waals surface area (Å²) in [5, 5.41) is 4.14. The van der Waals surface area contributed by atoms with Gasteiger partial charge in [-0.15, -0.1) is 0 Å². The Balaban J connectivity index is 1.31. The molecule has 1 aromatic heterocycles. The van der Waals surface area contributed by atoms with Crippen molar-refractivity contribution in [3.8, 4) is 0 Å². The molecule has 0 N–H and O–H groups in total. The summed E-state index contributed by atoms with van der Waals surface area (Å²) in [7, 11) is 1.81. The predicted molar refractivity (Wildman–Crippen MR) is 111 cm³/mol. The van der Waals surface area contributed by atoms with Gasteiger partial charge in [-0.25, -0.2) is 0 Å². The van der Waals surface area contributed by atoms with Gasteiger partial charge in [0.1, 0.15) is 0 Å². The van der Waals surface area contributed by atoms with E-state index in [9.17, 15) is 9.59 Å². The summed E-state index contributed by atoms with van der Waals surface area (Å²) < 4.78 is 5.41. The summed E-state index contributed by atoms with van der Waals surface area (Å²) in [5.74, 6) is 1.50. The third-order valence-electron chi connectivity index (χ3n) is 6.26. The van der Waals surface area contributed by atoms with Gasteiger partial charge in [0, 0.05) is 38.9 Å². The highest BCUT2D eigenvalue weighted by atomic mass is 16.5. The molecule has 0 radical (unpaired) electrons. The van der Waals surface area contributed by atoms with Crippen molar-refractivity contribution < 1.29 is 14.1 Å². The summed E-state index contributed by atoms with van der Waals surface area (Å²) in [6.07, 6.45) is 6.86. The number of likely N-dealkylation sites (tertiary alicyclic amines) is 1. The van der Waals surface area contributed by atoms with Crippen molar-refractivity contribution in [2.75, 3.05) is 13.6 Å². The summed E-state index contributed by atoms with van der Waals surface area (Å²) in [5.41, 5.74) is 1.10. The van der Waals surface area contributed by atoms with Crippen LogP contribution in [0.4, 0.5) is 0 Å². The van der Waals surface area contributed by atoms with E-state index in [1.165, 1.54) is 0 Å². The minimum absolute atomic E-state index is 0.0394. The van der Waals surface area contributed by atoms with E-state index in [2.05, 4.69) is 10.1 Å². The number of nitrogens with zero attached hydrogens (tertiary/aromatic N) is 4. The van der Waals surface area contributed by atoms with E-state index in [-0.39, 0.29) is 23.8 Å². The first-order valence-electron chi connectivity index (χ1n) is 11.0. The maximum Gasteiger partial charge on any atom is 0.227 e. The van der Waals surface area contributed by atoms with E-state index in [1.807, 2.05) is 35.2 Å². The van der Waals surface area contributed by atoms with E-state index in [4.69, 9.17) is 4.52 Å². The van der Waals surface area contributed by atoms with Gasteiger partial charge < -0.3 is 14.3 Å². The number of carbonyl (C=O) groups excluding carboxylic acids is 2. The Morgan fingerprint density at radius 3 is 2.67 bits per heavy atom. The number of carbonyl (C=O) groups is 2. The first kappa shape index (κ1) is 20.6. The van der Waals surface area contributed by atoms with Crippen molar-refractivity contribution in [1.29, 1.82) is 0 Å². The molecule has 0 spiro atoms. The van der Waals surface area contributed by atoms with Crippen LogP contribution in [0.1, 0.15) is 68.3 Å². The fourth-order valence-electron chi connectivity index (χ4n) is 4.56. The zero-order chi connectivity index (χ0) is 20.9. The maximum absolute atomic E-state index is 12.9. The van der Waals surface area contributed by atoms with Crippen molar-refractivity contribution >= 4 is 11.8 Å². The average Bonchev–Trinajstić information content (AvgIpc) is 3.53. The van der Waals surface area contributed by atoms with E-state index in [1.54, 1.807) is 11.9 Å². The Hall–Kier alpha value is -2.70. The van der Waals surface area contributed by atoms with Crippen LogP contribution in [0, 0.1) is 5.92 Å². The van der Waals surface area contributed by atoms with Gasteiger partial charge in [0.15, 0.2) is 5.82 Å². The van der Waals surface area contributed by atoms with Crippen LogP contribution in [0.2, 0.25) is 0 Å². The molecular formula is C23H30N4O3. The molecule has 4 rings (SSSR count). The molecule has 2 amide bonds. The highest BCUT2D eigenvalue weighted by molar-refractivity contribution is 5.79. The topological polar surface area (TPSA) is 79.5 Å². The maximum atomic E-state index is 12.9. The molecule has 0 bridgehead atoms. The number of rotatable bonds is 7. The lowest BCUT2D eigenvalue weighted by atomic mass is 10.1. The van der Waals surface area contributed by atoms with Gasteiger partial charge in [-0.1, -0.05) is 48.3 Å². The number of aryl methyl sites for hydroxylation is 1. The molecule has 1 unspecified atom stereocenters. The molecule has 2 heterocycles. The quantitative estimate of drug-likeness (QED) is 0.698. The molecule has 30 heavy (non-hydrogen) atoms. The van der Waals surface area contributed by atoms with Gasteiger partial charge >= 0.3 is 0 Å². The molecule has 7 nitrogen and oxygen atoms in total. The lowest BCUT2D eigenvalue weighted by molar-refractivity contribution is -0.136. The Labute approximate surface area is 177 Å². The van der Waals surface area contributed by atoms with Crippen molar-refractivity contribution in [3.63, 3.8) is 0 Å². The Morgan fingerprint density at radius 2 is 1.90 bits per heavy atom. The number of amides is 2. The second-order valence-corrected chi connectivity index (χ2v) is 8.45. The summed E-state index contributed by atoms with van der Waals surface area (Å²) in [6, 6.07) is 9.83. The molecule has 2 aliphatic rings. The molecule has 2 aromatic rings. The second kappa shape index (κ2) is 9.41. The van der Waals surface area contributed by atoms with Crippen LogP contribution in [0.25, 0.3) is 0 Å². The molecule has 1 aliphatic carbocycles. The molecule has 1 atom stereocenters. The summed E-state index contributed by atoms with van der Waals surface area (Å²) >= 11 is 0. The first-order valence-corrected chi connectivity index (χ1v) is 11.0. The molecule has 1 aromatic carbocycles. The fourth-order valence-corrected chi connectivity index (χ4v) is 4.56. The van der Waals surface area contributed by atoms with Crippen LogP contribution in [0.5, 0.6) is 0 Å². The third-order valence-corrected chi connectivity index (χ3v) is 6.26. The largest absolute Gasteiger partial charge is 0.341 e. The smallest absolute Gasteiger partial charge is 0.227 e. The third kappa shape index (κ3) is 4.71. The zero-order valence-corrected chi connectivity index (χ0v) is 17.6. The van der Waals surface area contributed by atoms with Crippen LogP contribution >= 0.6 is 0 Å². The normalized spacial score (nSPS) is 19.4. The number of hydrogen-bond donors (Lipinski definition) is 0. The minimum atomic E-state index is -0.0907. The standard InChI is InChI=1S/C23H30N4O3/c1-26(16-17-8-3-2-4-9-17)21(28)14-13-20-24-22(25-30-20)19-12-7-15-27(19)23(29)18-10-5-6-11-18/h2-4,8-9,18-19H,5-7,10-16H2,1H3. The molecule has 1 aliphatic heterocycles. The molecule has 2 fully saturated rings. The lowest BCUT2D eigenvalue weighted by Crippen LogP contribution is -2.35.